The topological polar surface area (TPSA) is 38.3 Å². The van der Waals surface area contributed by atoms with Crippen LogP contribution in [0.3, 0.4) is 0 Å². The van der Waals surface area contributed by atoms with Crippen LogP contribution in [0.1, 0.15) is 24.2 Å². The van der Waals surface area contributed by atoms with Crippen LogP contribution in [-0.2, 0) is 4.74 Å². The molecule has 0 saturated heterocycles. The fraction of sp³-hybridized carbons (Fsp3) is 0.417. The second-order valence-corrected chi connectivity index (χ2v) is 4.48. The minimum absolute atomic E-state index is 0.0239. The lowest BCUT2D eigenvalue weighted by Gasteiger charge is -2.14. The van der Waals surface area contributed by atoms with Crippen molar-refractivity contribution in [3.63, 3.8) is 0 Å². The molecule has 17 heavy (non-hydrogen) atoms. The van der Waals surface area contributed by atoms with Crippen LogP contribution in [0.4, 0.5) is 4.39 Å². The Hall–Kier alpha value is -0.940. The molecule has 3 nitrogen and oxygen atoms in total. The molecule has 0 spiro atoms. The number of halogens is 2. The molecular weight excluding hydrogens is 289 g/mol. The van der Waals surface area contributed by atoms with Gasteiger partial charge in [-0.05, 0) is 41.9 Å². The minimum atomic E-state index is -0.541. The highest BCUT2D eigenvalue weighted by molar-refractivity contribution is 9.10. The van der Waals surface area contributed by atoms with Crippen molar-refractivity contribution in [2.24, 2.45) is 0 Å². The predicted molar refractivity (Wildman–Crippen MR) is 67.5 cm³/mol. The van der Waals surface area contributed by atoms with Crippen LogP contribution in [0.15, 0.2) is 22.7 Å². The van der Waals surface area contributed by atoms with E-state index in [1.807, 2.05) is 13.8 Å². The summed E-state index contributed by atoms with van der Waals surface area (Å²) in [6.07, 6.45) is 0. The van der Waals surface area contributed by atoms with Gasteiger partial charge < -0.3 is 10.1 Å². The monoisotopic (exact) mass is 303 g/mol. The van der Waals surface area contributed by atoms with E-state index in [-0.39, 0.29) is 11.6 Å². The molecule has 1 amide bonds. The summed E-state index contributed by atoms with van der Waals surface area (Å²) in [5.41, 5.74) is 0.0239. The first-order valence-electron chi connectivity index (χ1n) is 5.38. The van der Waals surface area contributed by atoms with Gasteiger partial charge in [0.05, 0.1) is 12.2 Å². The van der Waals surface area contributed by atoms with Gasteiger partial charge in [-0.1, -0.05) is 6.07 Å². The first-order chi connectivity index (χ1) is 8.06. The molecule has 1 atom stereocenters. The molecule has 0 fully saturated rings. The molecule has 0 bridgehead atoms. The lowest BCUT2D eigenvalue weighted by atomic mass is 10.2. The fourth-order valence-electron chi connectivity index (χ4n) is 1.35. The smallest absolute Gasteiger partial charge is 0.255 e. The maximum absolute atomic E-state index is 13.5. The molecule has 94 valence electrons. The normalized spacial score (nSPS) is 12.2. The van der Waals surface area contributed by atoms with E-state index >= 15 is 0 Å². The molecule has 1 aromatic rings. The minimum Gasteiger partial charge on any atom is -0.380 e. The van der Waals surface area contributed by atoms with Crippen molar-refractivity contribution in [1.82, 2.24) is 5.32 Å². The lowest BCUT2D eigenvalue weighted by molar-refractivity contribution is 0.0867. The number of carbonyl (C=O) groups excluding carboxylic acids is 1. The van der Waals surface area contributed by atoms with E-state index in [9.17, 15) is 9.18 Å². The molecule has 1 aromatic carbocycles. The molecule has 0 heterocycles. The summed E-state index contributed by atoms with van der Waals surface area (Å²) in [7, 11) is 0. The summed E-state index contributed by atoms with van der Waals surface area (Å²) < 4.78 is 19.1. The summed E-state index contributed by atoms with van der Waals surface area (Å²) in [6.45, 7) is 4.68. The van der Waals surface area contributed by atoms with Crippen LogP contribution in [0, 0.1) is 5.82 Å². The van der Waals surface area contributed by atoms with Crippen LogP contribution in [0.5, 0.6) is 0 Å². The third kappa shape index (κ3) is 4.09. The molecule has 1 unspecified atom stereocenters. The number of carbonyl (C=O) groups is 1. The van der Waals surface area contributed by atoms with Crippen molar-refractivity contribution >= 4 is 21.8 Å². The molecule has 0 aliphatic carbocycles. The zero-order valence-corrected chi connectivity index (χ0v) is 11.4. The van der Waals surface area contributed by atoms with E-state index in [2.05, 4.69) is 21.2 Å². The van der Waals surface area contributed by atoms with Crippen molar-refractivity contribution in [2.75, 3.05) is 13.2 Å². The third-order valence-electron chi connectivity index (χ3n) is 2.14. The van der Waals surface area contributed by atoms with E-state index < -0.39 is 11.7 Å². The maximum atomic E-state index is 13.5. The Morgan fingerprint density at radius 3 is 2.88 bits per heavy atom. The number of benzene rings is 1. The lowest BCUT2D eigenvalue weighted by Crippen LogP contribution is -2.36. The van der Waals surface area contributed by atoms with Gasteiger partial charge in [0.15, 0.2) is 0 Å². The van der Waals surface area contributed by atoms with E-state index in [4.69, 9.17) is 4.74 Å². The van der Waals surface area contributed by atoms with Gasteiger partial charge in [-0.25, -0.2) is 4.39 Å². The standard InChI is InChI=1S/C12H15BrFNO2/c1-3-17-7-8(2)15-12(16)11-9(13)5-4-6-10(11)14/h4-6,8H,3,7H2,1-2H3,(H,15,16). The van der Waals surface area contributed by atoms with Gasteiger partial charge in [-0.3, -0.25) is 4.79 Å². The molecule has 0 saturated carbocycles. The average Bonchev–Trinajstić information content (AvgIpc) is 2.26. The van der Waals surface area contributed by atoms with Gasteiger partial charge in [-0.2, -0.15) is 0 Å². The first-order valence-corrected chi connectivity index (χ1v) is 6.18. The highest BCUT2D eigenvalue weighted by Gasteiger charge is 2.16. The SMILES string of the molecule is CCOCC(C)NC(=O)c1c(F)cccc1Br. The highest BCUT2D eigenvalue weighted by Crippen LogP contribution is 2.19. The first kappa shape index (κ1) is 14.1. The van der Waals surface area contributed by atoms with Gasteiger partial charge in [0.2, 0.25) is 0 Å². The Balaban J connectivity index is 2.70. The Morgan fingerprint density at radius 1 is 1.59 bits per heavy atom. The van der Waals surface area contributed by atoms with Gasteiger partial charge in [0.25, 0.3) is 5.91 Å². The second-order valence-electron chi connectivity index (χ2n) is 3.63. The van der Waals surface area contributed by atoms with Crippen LogP contribution in [0.2, 0.25) is 0 Å². The quantitative estimate of drug-likeness (QED) is 0.908. The van der Waals surface area contributed by atoms with Crippen molar-refractivity contribution in [3.05, 3.63) is 34.1 Å². The summed E-state index contributed by atoms with van der Waals surface area (Å²) in [5, 5.41) is 2.68. The van der Waals surface area contributed by atoms with Crippen LogP contribution in [0.25, 0.3) is 0 Å². The zero-order chi connectivity index (χ0) is 12.8. The van der Waals surface area contributed by atoms with E-state index in [0.29, 0.717) is 17.7 Å². The van der Waals surface area contributed by atoms with E-state index in [1.54, 1.807) is 12.1 Å². The number of amides is 1. The molecule has 0 radical (unpaired) electrons. The van der Waals surface area contributed by atoms with Crippen molar-refractivity contribution in [2.45, 2.75) is 19.9 Å². The van der Waals surface area contributed by atoms with Crippen molar-refractivity contribution in [1.29, 1.82) is 0 Å². The average molecular weight is 304 g/mol. The number of hydrogen-bond acceptors (Lipinski definition) is 2. The second kappa shape index (κ2) is 6.71. The number of nitrogens with one attached hydrogen (secondary N) is 1. The van der Waals surface area contributed by atoms with Crippen molar-refractivity contribution < 1.29 is 13.9 Å². The molecule has 0 aromatic heterocycles. The fourth-order valence-corrected chi connectivity index (χ4v) is 1.87. The van der Waals surface area contributed by atoms with Crippen LogP contribution < -0.4 is 5.32 Å². The van der Waals surface area contributed by atoms with E-state index in [0.717, 1.165) is 0 Å². The Labute approximate surface area is 108 Å². The van der Waals surface area contributed by atoms with Crippen LogP contribution in [-0.4, -0.2) is 25.2 Å². The molecule has 5 heteroatoms. The maximum Gasteiger partial charge on any atom is 0.255 e. The Morgan fingerprint density at radius 2 is 2.29 bits per heavy atom. The number of rotatable bonds is 5. The summed E-state index contributed by atoms with van der Waals surface area (Å²) in [6, 6.07) is 4.27. The zero-order valence-electron chi connectivity index (χ0n) is 9.80. The predicted octanol–water partition coefficient (Wildman–Crippen LogP) is 2.74. The van der Waals surface area contributed by atoms with Crippen molar-refractivity contribution in [3.8, 4) is 0 Å². The molecular formula is C12H15BrFNO2. The molecule has 1 N–H and O–H groups in total. The summed E-state index contributed by atoms with van der Waals surface area (Å²) in [5.74, 6) is -0.984. The van der Waals surface area contributed by atoms with E-state index in [1.165, 1.54) is 6.07 Å². The molecule has 0 aliphatic rings. The van der Waals surface area contributed by atoms with Gasteiger partial charge in [0, 0.05) is 17.1 Å². The van der Waals surface area contributed by atoms with Crippen LogP contribution >= 0.6 is 15.9 Å². The van der Waals surface area contributed by atoms with Gasteiger partial charge in [-0.15, -0.1) is 0 Å². The van der Waals surface area contributed by atoms with Gasteiger partial charge >= 0.3 is 0 Å². The number of ether oxygens (including phenoxy) is 1. The molecule has 1 rings (SSSR count). The largest absolute Gasteiger partial charge is 0.380 e. The summed E-state index contributed by atoms with van der Waals surface area (Å²) in [4.78, 5) is 11.8. The highest BCUT2D eigenvalue weighted by atomic mass is 79.9. The molecule has 0 aliphatic heterocycles. The number of hydrogen-bond donors (Lipinski definition) is 1. The third-order valence-corrected chi connectivity index (χ3v) is 2.80. The summed E-state index contributed by atoms with van der Waals surface area (Å²) >= 11 is 3.16. The Bertz CT molecular complexity index is 378. The van der Waals surface area contributed by atoms with Gasteiger partial charge in [0.1, 0.15) is 5.82 Å². The Kier molecular flexibility index (Phi) is 5.58.